The number of rotatable bonds is 5. The summed E-state index contributed by atoms with van der Waals surface area (Å²) in [6, 6.07) is 40.8. The summed E-state index contributed by atoms with van der Waals surface area (Å²) in [6.45, 7) is 0. The third kappa shape index (κ3) is 3.17. The minimum absolute atomic E-state index is 0.399. The topological polar surface area (TPSA) is 12.0 Å². The Hall–Kier alpha value is -2.84. The monoisotopic (exact) mass is 413 g/mol. The summed E-state index contributed by atoms with van der Waals surface area (Å²) in [5, 5.41) is 0. The van der Waals surface area contributed by atoms with Crippen molar-refractivity contribution in [1.82, 2.24) is 0 Å². The minimum atomic E-state index is -0.399. The summed E-state index contributed by atoms with van der Waals surface area (Å²) in [6.07, 6.45) is 0. The average Bonchev–Trinajstić information content (AvgIpc) is 2.77. The Kier molecular flexibility index (Phi) is 5.08. The quantitative estimate of drug-likeness (QED) is 0.280. The maximum Gasteiger partial charge on any atom is 0.0702 e. The van der Waals surface area contributed by atoms with E-state index in [2.05, 4.69) is 136 Å². The van der Waals surface area contributed by atoms with Crippen molar-refractivity contribution >= 4 is 21.8 Å². The van der Waals surface area contributed by atoms with Crippen LogP contribution in [0.3, 0.4) is 0 Å². The zero-order valence-corrected chi connectivity index (χ0v) is 16.4. The molecule has 0 aromatic heterocycles. The largest absolute Gasteiger partial charge is 0.322 e. The highest BCUT2D eigenvalue weighted by Gasteiger charge is 2.38. The Labute approximate surface area is 169 Å². The summed E-state index contributed by atoms with van der Waals surface area (Å²) < 4.78 is 3.11. The Morgan fingerprint density at radius 1 is 0.481 bits per heavy atom. The van der Waals surface area contributed by atoms with Crippen LogP contribution < -0.4 is 4.34 Å². The fourth-order valence-electron chi connectivity index (χ4n) is 3.88. The predicted octanol–water partition coefficient (Wildman–Crippen LogP) is 6.79. The van der Waals surface area contributed by atoms with Gasteiger partial charge in [0.05, 0.1) is 5.41 Å². The smallest absolute Gasteiger partial charge is 0.0702 e. The highest BCUT2D eigenvalue weighted by atomic mass is 79.9. The Balaban J connectivity index is 2.12. The average molecular weight is 414 g/mol. The van der Waals surface area contributed by atoms with Gasteiger partial charge in [0.25, 0.3) is 0 Å². The summed E-state index contributed by atoms with van der Waals surface area (Å²) >= 11 is 3.38. The van der Waals surface area contributed by atoms with Crippen LogP contribution in [-0.2, 0) is 5.41 Å². The number of hydrogen-bond donors (Lipinski definition) is 1. The van der Waals surface area contributed by atoms with Crippen molar-refractivity contribution in [1.29, 1.82) is 0 Å². The van der Waals surface area contributed by atoms with Crippen LogP contribution in [-0.4, -0.2) is 0 Å². The molecule has 0 saturated carbocycles. The lowest BCUT2D eigenvalue weighted by atomic mass is 9.65. The second kappa shape index (κ2) is 7.81. The standard InChI is InChI=1S/C25H20BrN/c26-27-24-18-10-17-23(19-24)25(20-11-4-1-5-12-20,21-13-6-2-7-14-21)22-15-8-3-9-16-22/h1-19,27H. The lowest BCUT2D eigenvalue weighted by molar-refractivity contribution is 0.745. The molecule has 2 heteroatoms. The van der Waals surface area contributed by atoms with E-state index in [1.165, 1.54) is 22.3 Å². The van der Waals surface area contributed by atoms with Crippen LogP contribution in [0, 0.1) is 0 Å². The van der Waals surface area contributed by atoms with Gasteiger partial charge in [-0.15, -0.1) is 0 Å². The van der Waals surface area contributed by atoms with E-state index < -0.39 is 5.41 Å². The summed E-state index contributed by atoms with van der Waals surface area (Å²) in [5.74, 6) is 0. The van der Waals surface area contributed by atoms with Gasteiger partial charge in [0.15, 0.2) is 0 Å². The van der Waals surface area contributed by atoms with Crippen molar-refractivity contribution in [2.24, 2.45) is 0 Å². The van der Waals surface area contributed by atoms with Gasteiger partial charge in [0.1, 0.15) is 0 Å². The molecule has 132 valence electrons. The van der Waals surface area contributed by atoms with Gasteiger partial charge in [0.2, 0.25) is 0 Å². The van der Waals surface area contributed by atoms with Crippen LogP contribution >= 0.6 is 16.1 Å². The first-order chi connectivity index (χ1) is 13.4. The van der Waals surface area contributed by atoms with Crippen LogP contribution in [0.1, 0.15) is 22.3 Å². The number of halogens is 1. The molecule has 0 spiro atoms. The van der Waals surface area contributed by atoms with Crippen molar-refractivity contribution in [2.75, 3.05) is 4.34 Å². The molecule has 1 N–H and O–H groups in total. The zero-order chi connectivity index (χ0) is 18.5. The van der Waals surface area contributed by atoms with Gasteiger partial charge in [0, 0.05) is 21.8 Å². The molecule has 0 radical (unpaired) electrons. The van der Waals surface area contributed by atoms with Gasteiger partial charge in [-0.05, 0) is 34.4 Å². The highest BCUT2D eigenvalue weighted by Crippen LogP contribution is 2.45. The van der Waals surface area contributed by atoms with Gasteiger partial charge in [-0.2, -0.15) is 0 Å². The molecule has 0 aliphatic carbocycles. The van der Waals surface area contributed by atoms with E-state index in [1.54, 1.807) is 0 Å². The molecule has 0 aliphatic heterocycles. The predicted molar refractivity (Wildman–Crippen MR) is 117 cm³/mol. The van der Waals surface area contributed by atoms with Gasteiger partial charge in [-0.1, -0.05) is 103 Å². The molecule has 0 unspecified atom stereocenters. The lowest BCUT2D eigenvalue weighted by Gasteiger charge is -2.37. The molecule has 1 nitrogen and oxygen atoms in total. The van der Waals surface area contributed by atoms with Gasteiger partial charge in [-0.25, -0.2) is 0 Å². The summed E-state index contributed by atoms with van der Waals surface area (Å²) in [5.41, 5.74) is 5.58. The zero-order valence-electron chi connectivity index (χ0n) is 14.8. The van der Waals surface area contributed by atoms with E-state index in [-0.39, 0.29) is 0 Å². The molecular weight excluding hydrogens is 394 g/mol. The number of nitrogens with one attached hydrogen (secondary N) is 1. The molecule has 27 heavy (non-hydrogen) atoms. The molecule has 0 amide bonds. The van der Waals surface area contributed by atoms with Crippen LogP contribution in [0.15, 0.2) is 115 Å². The highest BCUT2D eigenvalue weighted by molar-refractivity contribution is 9.10. The fourth-order valence-corrected chi connectivity index (χ4v) is 4.12. The maximum atomic E-state index is 3.38. The summed E-state index contributed by atoms with van der Waals surface area (Å²) in [4.78, 5) is 0. The van der Waals surface area contributed by atoms with Gasteiger partial charge < -0.3 is 4.34 Å². The Bertz CT molecular complexity index is 901. The third-order valence-electron chi connectivity index (χ3n) is 5.03. The second-order valence-corrected chi connectivity index (χ2v) is 6.92. The molecule has 0 saturated heterocycles. The SMILES string of the molecule is BrNc1cccc(C(c2ccccc2)(c2ccccc2)c2ccccc2)c1. The normalized spacial score (nSPS) is 11.1. The van der Waals surface area contributed by atoms with Crippen LogP contribution in [0.25, 0.3) is 0 Å². The van der Waals surface area contributed by atoms with E-state index >= 15 is 0 Å². The summed E-state index contributed by atoms with van der Waals surface area (Å²) in [7, 11) is 0. The van der Waals surface area contributed by atoms with Crippen LogP contribution in [0.4, 0.5) is 5.69 Å². The first-order valence-electron chi connectivity index (χ1n) is 8.99. The van der Waals surface area contributed by atoms with E-state index in [0.717, 1.165) is 5.69 Å². The minimum Gasteiger partial charge on any atom is -0.322 e. The number of benzene rings is 4. The molecule has 0 aliphatic rings. The molecule has 4 rings (SSSR count). The molecule has 0 heterocycles. The lowest BCUT2D eigenvalue weighted by Crippen LogP contribution is -2.31. The van der Waals surface area contributed by atoms with Crippen LogP contribution in [0.2, 0.25) is 0 Å². The molecule has 0 fully saturated rings. The van der Waals surface area contributed by atoms with Gasteiger partial charge in [-0.3, -0.25) is 0 Å². The molecule has 0 atom stereocenters. The molecule has 0 bridgehead atoms. The van der Waals surface area contributed by atoms with E-state index in [0.29, 0.717) is 0 Å². The first kappa shape index (κ1) is 17.6. The molecule has 4 aromatic rings. The number of hydrogen-bond acceptors (Lipinski definition) is 1. The Morgan fingerprint density at radius 2 is 0.889 bits per heavy atom. The number of anilines is 1. The van der Waals surface area contributed by atoms with E-state index in [1.807, 2.05) is 0 Å². The van der Waals surface area contributed by atoms with Crippen molar-refractivity contribution in [3.8, 4) is 0 Å². The van der Waals surface area contributed by atoms with Crippen LogP contribution in [0.5, 0.6) is 0 Å². The van der Waals surface area contributed by atoms with Crippen molar-refractivity contribution in [3.05, 3.63) is 138 Å². The van der Waals surface area contributed by atoms with Crippen molar-refractivity contribution in [2.45, 2.75) is 5.41 Å². The van der Waals surface area contributed by atoms with Crippen molar-refractivity contribution in [3.63, 3.8) is 0 Å². The van der Waals surface area contributed by atoms with E-state index in [9.17, 15) is 0 Å². The Morgan fingerprint density at radius 3 is 1.30 bits per heavy atom. The van der Waals surface area contributed by atoms with Crippen molar-refractivity contribution < 1.29 is 0 Å². The molecule has 4 aromatic carbocycles. The van der Waals surface area contributed by atoms with Gasteiger partial charge >= 0.3 is 0 Å². The third-order valence-corrected chi connectivity index (χ3v) is 5.48. The maximum absolute atomic E-state index is 3.38. The molecular formula is C25H20BrN. The first-order valence-corrected chi connectivity index (χ1v) is 9.79. The fraction of sp³-hybridized carbons (Fsp3) is 0.0400. The van der Waals surface area contributed by atoms with E-state index in [4.69, 9.17) is 0 Å². The second-order valence-electron chi connectivity index (χ2n) is 6.52.